The number of carbonyl (C=O) groups excluding carboxylic acids is 2. The third-order valence-corrected chi connectivity index (χ3v) is 3.87. The van der Waals surface area contributed by atoms with E-state index in [1.54, 1.807) is 17.0 Å². The molecular formula is C16H20N2O4. The van der Waals surface area contributed by atoms with Gasteiger partial charge in [-0.1, -0.05) is 12.1 Å². The van der Waals surface area contributed by atoms with Crippen LogP contribution in [-0.2, 0) is 16.1 Å². The predicted molar refractivity (Wildman–Crippen MR) is 80.2 cm³/mol. The minimum Gasteiger partial charge on any atom is -0.481 e. The average molecular weight is 304 g/mol. The number of nitrogens with one attached hydrogen (secondary N) is 1. The summed E-state index contributed by atoms with van der Waals surface area (Å²) in [6.07, 6.45) is 1.00. The lowest BCUT2D eigenvalue weighted by atomic mass is 9.96. The quantitative estimate of drug-likeness (QED) is 0.876. The molecule has 1 aromatic carbocycles. The molecule has 0 unspecified atom stereocenters. The minimum absolute atomic E-state index is 0.0742. The Hall–Kier alpha value is -2.37. The SMILES string of the molecule is CC(=O)NCc1ccc(C(=O)N2CCC(C(=O)O)CC2)cc1. The summed E-state index contributed by atoms with van der Waals surface area (Å²) in [6, 6.07) is 7.10. The first kappa shape index (κ1) is 16.0. The average Bonchev–Trinajstić information content (AvgIpc) is 2.53. The van der Waals surface area contributed by atoms with Crippen LogP contribution < -0.4 is 5.32 Å². The molecule has 2 amide bonds. The maximum Gasteiger partial charge on any atom is 0.306 e. The second-order valence-corrected chi connectivity index (χ2v) is 5.51. The highest BCUT2D eigenvalue weighted by Gasteiger charge is 2.27. The van der Waals surface area contributed by atoms with Crippen LogP contribution in [0.3, 0.4) is 0 Å². The number of carbonyl (C=O) groups is 3. The fourth-order valence-corrected chi connectivity index (χ4v) is 2.50. The van der Waals surface area contributed by atoms with E-state index in [0.29, 0.717) is 38.0 Å². The van der Waals surface area contributed by atoms with Crippen LogP contribution in [0.15, 0.2) is 24.3 Å². The van der Waals surface area contributed by atoms with E-state index in [4.69, 9.17) is 5.11 Å². The molecule has 0 radical (unpaired) electrons. The standard InChI is InChI=1S/C16H20N2O4/c1-11(19)17-10-12-2-4-13(5-3-12)15(20)18-8-6-14(7-9-18)16(21)22/h2-5,14H,6-10H2,1H3,(H,17,19)(H,21,22). The Morgan fingerprint density at radius 1 is 1.18 bits per heavy atom. The molecule has 22 heavy (non-hydrogen) atoms. The zero-order valence-electron chi connectivity index (χ0n) is 12.5. The van der Waals surface area contributed by atoms with Gasteiger partial charge in [-0.15, -0.1) is 0 Å². The molecule has 0 spiro atoms. The van der Waals surface area contributed by atoms with Crippen molar-refractivity contribution in [3.63, 3.8) is 0 Å². The van der Waals surface area contributed by atoms with Gasteiger partial charge in [-0.05, 0) is 30.5 Å². The van der Waals surface area contributed by atoms with Crippen LogP contribution >= 0.6 is 0 Å². The van der Waals surface area contributed by atoms with Crippen LogP contribution in [0.1, 0.15) is 35.7 Å². The maximum absolute atomic E-state index is 12.4. The zero-order chi connectivity index (χ0) is 16.1. The van der Waals surface area contributed by atoms with Gasteiger partial charge in [0, 0.05) is 32.1 Å². The fourth-order valence-electron chi connectivity index (χ4n) is 2.50. The van der Waals surface area contributed by atoms with Crippen molar-refractivity contribution in [1.82, 2.24) is 10.2 Å². The number of carboxylic acid groups (broad SMARTS) is 1. The largest absolute Gasteiger partial charge is 0.481 e. The van der Waals surface area contributed by atoms with Crippen LogP contribution in [0.2, 0.25) is 0 Å². The Kier molecular flexibility index (Phi) is 5.14. The first-order chi connectivity index (χ1) is 10.5. The number of piperidine rings is 1. The molecule has 1 aromatic rings. The molecule has 1 saturated heterocycles. The number of rotatable bonds is 4. The van der Waals surface area contributed by atoms with E-state index in [-0.39, 0.29) is 17.7 Å². The molecule has 6 nitrogen and oxygen atoms in total. The van der Waals surface area contributed by atoms with E-state index < -0.39 is 5.97 Å². The predicted octanol–water partition coefficient (Wildman–Crippen LogP) is 1.26. The Morgan fingerprint density at radius 2 is 1.77 bits per heavy atom. The number of benzene rings is 1. The number of nitrogens with zero attached hydrogens (tertiary/aromatic N) is 1. The van der Waals surface area contributed by atoms with Crippen LogP contribution in [-0.4, -0.2) is 40.9 Å². The van der Waals surface area contributed by atoms with Gasteiger partial charge in [0.05, 0.1) is 5.92 Å². The van der Waals surface area contributed by atoms with Crippen molar-refractivity contribution < 1.29 is 19.5 Å². The number of likely N-dealkylation sites (tertiary alicyclic amines) is 1. The summed E-state index contributed by atoms with van der Waals surface area (Å²) in [5.41, 5.74) is 1.51. The third-order valence-electron chi connectivity index (χ3n) is 3.87. The van der Waals surface area contributed by atoms with Gasteiger partial charge in [-0.3, -0.25) is 14.4 Å². The lowest BCUT2D eigenvalue weighted by molar-refractivity contribution is -0.143. The van der Waals surface area contributed by atoms with Crippen LogP contribution in [0.25, 0.3) is 0 Å². The first-order valence-corrected chi connectivity index (χ1v) is 7.33. The van der Waals surface area contributed by atoms with E-state index in [9.17, 15) is 14.4 Å². The van der Waals surface area contributed by atoms with Crippen LogP contribution in [0.5, 0.6) is 0 Å². The number of aliphatic carboxylic acids is 1. The Morgan fingerprint density at radius 3 is 2.27 bits per heavy atom. The zero-order valence-corrected chi connectivity index (χ0v) is 12.5. The molecular weight excluding hydrogens is 284 g/mol. The third kappa shape index (κ3) is 4.07. The van der Waals surface area contributed by atoms with Gasteiger partial charge in [0.1, 0.15) is 0 Å². The molecule has 1 heterocycles. The minimum atomic E-state index is -0.783. The number of amides is 2. The summed E-state index contributed by atoms with van der Waals surface area (Å²) in [5.74, 6) is -1.30. The summed E-state index contributed by atoms with van der Waals surface area (Å²) in [7, 11) is 0. The van der Waals surface area contributed by atoms with E-state index in [1.807, 2.05) is 12.1 Å². The highest BCUT2D eigenvalue weighted by atomic mass is 16.4. The van der Waals surface area contributed by atoms with Crippen molar-refractivity contribution in [1.29, 1.82) is 0 Å². The Balaban J connectivity index is 1.93. The van der Waals surface area contributed by atoms with Crippen molar-refractivity contribution in [2.75, 3.05) is 13.1 Å². The topological polar surface area (TPSA) is 86.7 Å². The fraction of sp³-hybridized carbons (Fsp3) is 0.438. The number of hydrogen-bond donors (Lipinski definition) is 2. The van der Waals surface area contributed by atoms with Gasteiger partial charge in [0.2, 0.25) is 5.91 Å². The Labute approximate surface area is 129 Å². The van der Waals surface area contributed by atoms with Crippen LogP contribution in [0, 0.1) is 5.92 Å². The highest BCUT2D eigenvalue weighted by Crippen LogP contribution is 2.19. The maximum atomic E-state index is 12.4. The highest BCUT2D eigenvalue weighted by molar-refractivity contribution is 5.94. The van der Waals surface area contributed by atoms with Crippen molar-refractivity contribution in [3.05, 3.63) is 35.4 Å². The Bertz CT molecular complexity index is 560. The summed E-state index contributed by atoms with van der Waals surface area (Å²) in [4.78, 5) is 35.8. The smallest absolute Gasteiger partial charge is 0.306 e. The van der Waals surface area contributed by atoms with E-state index in [1.165, 1.54) is 6.92 Å². The molecule has 0 bridgehead atoms. The van der Waals surface area contributed by atoms with Gasteiger partial charge >= 0.3 is 5.97 Å². The lowest BCUT2D eigenvalue weighted by Crippen LogP contribution is -2.40. The van der Waals surface area contributed by atoms with Gasteiger partial charge in [0.25, 0.3) is 5.91 Å². The molecule has 1 aliphatic rings. The summed E-state index contributed by atoms with van der Waals surface area (Å²) >= 11 is 0. The van der Waals surface area contributed by atoms with Crippen molar-refractivity contribution in [2.24, 2.45) is 5.92 Å². The van der Waals surface area contributed by atoms with Gasteiger partial charge in [0.15, 0.2) is 0 Å². The number of carboxylic acids is 1. The molecule has 1 aliphatic heterocycles. The molecule has 118 valence electrons. The summed E-state index contributed by atoms with van der Waals surface area (Å²) in [6.45, 7) is 2.85. The lowest BCUT2D eigenvalue weighted by Gasteiger charge is -2.30. The van der Waals surface area contributed by atoms with Gasteiger partial charge in [-0.25, -0.2) is 0 Å². The van der Waals surface area contributed by atoms with Crippen molar-refractivity contribution >= 4 is 17.8 Å². The molecule has 6 heteroatoms. The molecule has 2 N–H and O–H groups in total. The molecule has 0 aromatic heterocycles. The van der Waals surface area contributed by atoms with Crippen molar-refractivity contribution in [3.8, 4) is 0 Å². The van der Waals surface area contributed by atoms with Crippen molar-refractivity contribution in [2.45, 2.75) is 26.3 Å². The van der Waals surface area contributed by atoms with E-state index in [0.717, 1.165) is 5.56 Å². The summed E-state index contributed by atoms with van der Waals surface area (Å²) < 4.78 is 0. The van der Waals surface area contributed by atoms with E-state index >= 15 is 0 Å². The van der Waals surface area contributed by atoms with Crippen LogP contribution in [0.4, 0.5) is 0 Å². The van der Waals surface area contributed by atoms with Gasteiger partial charge < -0.3 is 15.3 Å². The second kappa shape index (κ2) is 7.06. The summed E-state index contributed by atoms with van der Waals surface area (Å²) in [5, 5.41) is 11.7. The molecule has 0 aliphatic carbocycles. The van der Waals surface area contributed by atoms with E-state index in [2.05, 4.69) is 5.32 Å². The molecule has 0 saturated carbocycles. The molecule has 1 fully saturated rings. The van der Waals surface area contributed by atoms with Gasteiger partial charge in [-0.2, -0.15) is 0 Å². The number of hydrogen-bond acceptors (Lipinski definition) is 3. The monoisotopic (exact) mass is 304 g/mol. The second-order valence-electron chi connectivity index (χ2n) is 5.51. The first-order valence-electron chi connectivity index (χ1n) is 7.33. The normalized spacial score (nSPS) is 15.4. The molecule has 2 rings (SSSR count). The molecule has 0 atom stereocenters.